The lowest BCUT2D eigenvalue weighted by atomic mass is 10.0. The zero-order chi connectivity index (χ0) is 19.9. The Bertz CT molecular complexity index is 936. The lowest BCUT2D eigenvalue weighted by Crippen LogP contribution is -2.31. The van der Waals surface area contributed by atoms with E-state index in [4.69, 9.17) is 10.5 Å². The van der Waals surface area contributed by atoms with Gasteiger partial charge in [-0.3, -0.25) is 9.59 Å². The number of carbonyl (C=O) groups excluding carboxylic acids is 2. The van der Waals surface area contributed by atoms with Crippen molar-refractivity contribution in [2.24, 2.45) is 5.73 Å². The Morgan fingerprint density at radius 2 is 1.50 bits per heavy atom. The molecule has 0 saturated heterocycles. The maximum Gasteiger partial charge on any atom is 0.258 e. The summed E-state index contributed by atoms with van der Waals surface area (Å²) in [4.78, 5) is 23.2. The summed E-state index contributed by atoms with van der Waals surface area (Å²) in [6.07, 6.45) is 0. The molecule has 0 bridgehead atoms. The average Bonchev–Trinajstić information content (AvgIpc) is 2.73. The normalized spacial score (nSPS) is 11.5. The molecule has 28 heavy (non-hydrogen) atoms. The van der Waals surface area contributed by atoms with Gasteiger partial charge >= 0.3 is 0 Å². The van der Waals surface area contributed by atoms with Crippen molar-refractivity contribution in [2.45, 2.75) is 13.0 Å². The molecule has 5 nitrogen and oxygen atoms in total. The van der Waals surface area contributed by atoms with Crippen LogP contribution in [0.25, 0.3) is 11.1 Å². The fraction of sp³-hybridized carbons (Fsp3) is 0.130. The molecule has 1 unspecified atom stereocenters. The van der Waals surface area contributed by atoms with Crippen molar-refractivity contribution < 1.29 is 14.3 Å². The first-order valence-corrected chi connectivity index (χ1v) is 9.00. The van der Waals surface area contributed by atoms with Crippen LogP contribution in [0, 0.1) is 0 Å². The number of hydrogen-bond donors (Lipinski definition) is 2. The van der Waals surface area contributed by atoms with Gasteiger partial charge in [0.1, 0.15) is 5.75 Å². The van der Waals surface area contributed by atoms with Crippen molar-refractivity contribution in [3.8, 4) is 16.9 Å². The lowest BCUT2D eigenvalue weighted by Gasteiger charge is -2.15. The minimum atomic E-state index is -0.503. The highest BCUT2D eigenvalue weighted by Crippen LogP contribution is 2.21. The predicted octanol–water partition coefficient (Wildman–Crippen LogP) is 3.71. The van der Waals surface area contributed by atoms with Gasteiger partial charge in [0.05, 0.1) is 6.04 Å². The molecule has 1 atom stereocenters. The molecule has 0 saturated carbocycles. The smallest absolute Gasteiger partial charge is 0.258 e. The van der Waals surface area contributed by atoms with E-state index in [2.05, 4.69) is 17.4 Å². The number of nitrogens with two attached hydrogens (primary N) is 1. The summed E-state index contributed by atoms with van der Waals surface area (Å²) in [5.74, 6) is -0.227. The largest absolute Gasteiger partial charge is 0.484 e. The Morgan fingerprint density at radius 1 is 0.893 bits per heavy atom. The van der Waals surface area contributed by atoms with Crippen LogP contribution in [0.15, 0.2) is 78.9 Å². The highest BCUT2D eigenvalue weighted by atomic mass is 16.5. The fourth-order valence-electron chi connectivity index (χ4n) is 2.83. The van der Waals surface area contributed by atoms with Crippen molar-refractivity contribution in [2.75, 3.05) is 6.61 Å². The van der Waals surface area contributed by atoms with Crippen LogP contribution in [-0.2, 0) is 4.79 Å². The summed E-state index contributed by atoms with van der Waals surface area (Å²) in [6.45, 7) is 1.82. The number of rotatable bonds is 7. The van der Waals surface area contributed by atoms with Gasteiger partial charge in [0.25, 0.3) is 5.91 Å². The van der Waals surface area contributed by atoms with E-state index in [0.717, 1.165) is 16.7 Å². The van der Waals surface area contributed by atoms with Gasteiger partial charge in [0, 0.05) is 5.56 Å². The van der Waals surface area contributed by atoms with Crippen LogP contribution in [0.2, 0.25) is 0 Å². The Morgan fingerprint density at radius 3 is 2.11 bits per heavy atom. The fourth-order valence-corrected chi connectivity index (χ4v) is 2.83. The van der Waals surface area contributed by atoms with Crippen LogP contribution in [0.5, 0.6) is 5.75 Å². The van der Waals surface area contributed by atoms with Crippen molar-refractivity contribution in [3.05, 3.63) is 90.0 Å². The lowest BCUT2D eigenvalue weighted by molar-refractivity contribution is -0.123. The monoisotopic (exact) mass is 374 g/mol. The van der Waals surface area contributed by atoms with Crippen LogP contribution in [-0.4, -0.2) is 18.4 Å². The molecule has 3 N–H and O–H groups in total. The summed E-state index contributed by atoms with van der Waals surface area (Å²) >= 11 is 0. The molecular weight excluding hydrogens is 352 g/mol. The van der Waals surface area contributed by atoms with Gasteiger partial charge in [-0.25, -0.2) is 0 Å². The first-order chi connectivity index (χ1) is 13.5. The molecule has 3 aromatic rings. The predicted molar refractivity (Wildman–Crippen MR) is 109 cm³/mol. The number of amides is 2. The average molecular weight is 374 g/mol. The second-order valence-electron chi connectivity index (χ2n) is 6.45. The van der Waals surface area contributed by atoms with E-state index in [-0.39, 0.29) is 18.6 Å². The van der Waals surface area contributed by atoms with Gasteiger partial charge in [0.2, 0.25) is 5.91 Å². The Hall–Kier alpha value is -3.60. The van der Waals surface area contributed by atoms with Crippen molar-refractivity contribution in [3.63, 3.8) is 0 Å². The Labute approximate surface area is 164 Å². The standard InChI is InChI=1S/C23H22N2O3/c1-16(17-7-9-19(10-8-17)18-5-3-2-4-6-18)25-22(26)15-28-21-13-11-20(12-14-21)23(24)27/h2-14,16H,15H2,1H3,(H2,24,27)(H,25,26). The Balaban J connectivity index is 1.53. The molecule has 142 valence electrons. The zero-order valence-corrected chi connectivity index (χ0v) is 15.6. The van der Waals surface area contributed by atoms with Crippen LogP contribution >= 0.6 is 0 Å². The van der Waals surface area contributed by atoms with E-state index in [0.29, 0.717) is 11.3 Å². The molecule has 5 heteroatoms. The van der Waals surface area contributed by atoms with E-state index < -0.39 is 5.91 Å². The number of carbonyl (C=O) groups is 2. The molecule has 3 rings (SSSR count). The second kappa shape index (κ2) is 8.86. The minimum Gasteiger partial charge on any atom is -0.484 e. The number of ether oxygens (including phenoxy) is 1. The molecule has 0 aliphatic heterocycles. The van der Waals surface area contributed by atoms with Gasteiger partial charge in [-0.05, 0) is 47.9 Å². The number of primary amides is 1. The molecular formula is C23H22N2O3. The van der Waals surface area contributed by atoms with Gasteiger partial charge in [-0.2, -0.15) is 0 Å². The molecule has 2 amide bonds. The summed E-state index contributed by atoms with van der Waals surface area (Å²) in [5, 5.41) is 2.92. The highest BCUT2D eigenvalue weighted by Gasteiger charge is 2.11. The maximum atomic E-state index is 12.2. The molecule has 0 spiro atoms. The first kappa shape index (κ1) is 19.2. The van der Waals surface area contributed by atoms with Gasteiger partial charge < -0.3 is 15.8 Å². The van der Waals surface area contributed by atoms with E-state index in [1.54, 1.807) is 24.3 Å². The molecule has 0 aliphatic carbocycles. The highest BCUT2D eigenvalue weighted by molar-refractivity contribution is 5.92. The number of hydrogen-bond acceptors (Lipinski definition) is 3. The third kappa shape index (κ3) is 4.98. The van der Waals surface area contributed by atoms with E-state index in [9.17, 15) is 9.59 Å². The van der Waals surface area contributed by atoms with Crippen molar-refractivity contribution in [1.29, 1.82) is 0 Å². The SMILES string of the molecule is CC(NC(=O)COc1ccc(C(N)=O)cc1)c1ccc(-c2ccccc2)cc1. The minimum absolute atomic E-state index is 0.109. The second-order valence-corrected chi connectivity index (χ2v) is 6.45. The number of nitrogens with one attached hydrogen (secondary N) is 1. The first-order valence-electron chi connectivity index (χ1n) is 9.00. The Kier molecular flexibility index (Phi) is 6.07. The third-order valence-electron chi connectivity index (χ3n) is 4.40. The molecule has 0 fully saturated rings. The van der Waals surface area contributed by atoms with Gasteiger partial charge in [-0.15, -0.1) is 0 Å². The summed E-state index contributed by atoms with van der Waals surface area (Å²) < 4.78 is 5.45. The molecule has 3 aromatic carbocycles. The van der Waals surface area contributed by atoms with Crippen LogP contribution in [0.1, 0.15) is 28.9 Å². The quantitative estimate of drug-likeness (QED) is 0.661. The third-order valence-corrected chi connectivity index (χ3v) is 4.40. The molecule has 0 aromatic heterocycles. The van der Waals surface area contributed by atoms with Crippen LogP contribution in [0.3, 0.4) is 0 Å². The van der Waals surface area contributed by atoms with E-state index in [1.165, 1.54) is 0 Å². The molecule has 0 aliphatic rings. The zero-order valence-electron chi connectivity index (χ0n) is 15.6. The van der Waals surface area contributed by atoms with Crippen LogP contribution in [0.4, 0.5) is 0 Å². The van der Waals surface area contributed by atoms with Gasteiger partial charge in [-0.1, -0.05) is 54.6 Å². The van der Waals surface area contributed by atoms with Crippen LogP contribution < -0.4 is 15.8 Å². The van der Waals surface area contributed by atoms with E-state index in [1.807, 2.05) is 49.4 Å². The molecule has 0 heterocycles. The number of benzene rings is 3. The van der Waals surface area contributed by atoms with Crippen molar-refractivity contribution in [1.82, 2.24) is 5.32 Å². The summed E-state index contributed by atoms with van der Waals surface area (Å²) in [5.41, 5.74) is 8.88. The maximum absolute atomic E-state index is 12.2. The van der Waals surface area contributed by atoms with Gasteiger partial charge in [0.15, 0.2) is 6.61 Å². The summed E-state index contributed by atoms with van der Waals surface area (Å²) in [7, 11) is 0. The van der Waals surface area contributed by atoms with E-state index >= 15 is 0 Å². The van der Waals surface area contributed by atoms with Crippen molar-refractivity contribution >= 4 is 11.8 Å². The molecule has 0 radical (unpaired) electrons. The topological polar surface area (TPSA) is 81.4 Å². The summed E-state index contributed by atoms with van der Waals surface area (Å²) in [6, 6.07) is 24.4.